The number of hydrogen-bond acceptors (Lipinski definition) is 3. The summed E-state index contributed by atoms with van der Waals surface area (Å²) in [5.41, 5.74) is 5.57. The summed E-state index contributed by atoms with van der Waals surface area (Å²) in [4.78, 5) is 21.7. The van der Waals surface area contributed by atoms with Crippen molar-refractivity contribution >= 4 is 11.9 Å². The number of carbonyl (C=O) groups is 2. The molecule has 0 radical (unpaired) electrons. The first kappa shape index (κ1) is 17.6. The van der Waals surface area contributed by atoms with Crippen LogP contribution < -0.4 is 5.73 Å². The lowest BCUT2D eigenvalue weighted by Gasteiger charge is -2.35. The molecule has 1 amide bonds. The quantitative estimate of drug-likeness (QED) is 0.757. The van der Waals surface area contributed by atoms with Gasteiger partial charge in [0, 0.05) is 0 Å². The van der Waals surface area contributed by atoms with E-state index in [2.05, 4.69) is 0 Å². The predicted octanol–water partition coefficient (Wildman–Crippen LogP) is 0.927. The second-order valence-electron chi connectivity index (χ2n) is 4.04. The van der Waals surface area contributed by atoms with Crippen LogP contribution in [0.4, 0.5) is 17.6 Å². The largest absolute Gasteiger partial charge is 0.490 e. The van der Waals surface area contributed by atoms with E-state index >= 15 is 0 Å². The van der Waals surface area contributed by atoms with Gasteiger partial charge in [0.15, 0.2) is 0 Å². The SMILES string of the molecule is CCC[C@@H](N)C(=O)N1CC(F)C1.O=C(O)C(F)(F)F. The van der Waals surface area contributed by atoms with E-state index < -0.39 is 24.4 Å². The van der Waals surface area contributed by atoms with E-state index in [1.807, 2.05) is 6.92 Å². The number of likely N-dealkylation sites (tertiary alicyclic amines) is 1. The molecule has 1 rings (SSSR count). The minimum Gasteiger partial charge on any atom is -0.475 e. The Morgan fingerprint density at radius 1 is 1.42 bits per heavy atom. The number of rotatable bonds is 3. The molecule has 0 unspecified atom stereocenters. The van der Waals surface area contributed by atoms with Crippen LogP contribution in [0, 0.1) is 0 Å². The summed E-state index contributed by atoms with van der Waals surface area (Å²) in [6.45, 7) is 2.44. The molecule has 1 aliphatic heterocycles. The predicted molar refractivity (Wildman–Crippen MR) is 58.1 cm³/mol. The first-order chi connectivity index (χ1) is 8.59. The van der Waals surface area contributed by atoms with Crippen LogP contribution in [-0.4, -0.2) is 53.4 Å². The number of nitrogens with zero attached hydrogens (tertiary/aromatic N) is 1. The van der Waals surface area contributed by atoms with E-state index in [1.165, 1.54) is 4.90 Å². The second kappa shape index (κ2) is 7.27. The molecule has 112 valence electrons. The average Bonchev–Trinajstić information content (AvgIpc) is 2.23. The minimum absolute atomic E-state index is 0.106. The van der Waals surface area contributed by atoms with Crippen molar-refractivity contribution in [1.29, 1.82) is 0 Å². The minimum atomic E-state index is -5.08. The van der Waals surface area contributed by atoms with Crippen molar-refractivity contribution in [1.82, 2.24) is 4.90 Å². The van der Waals surface area contributed by atoms with E-state index in [1.54, 1.807) is 0 Å². The van der Waals surface area contributed by atoms with Gasteiger partial charge < -0.3 is 15.7 Å². The molecule has 5 nitrogen and oxygen atoms in total. The van der Waals surface area contributed by atoms with E-state index in [-0.39, 0.29) is 19.0 Å². The Kier molecular flexibility index (Phi) is 6.74. The molecule has 1 heterocycles. The molecule has 0 aromatic rings. The van der Waals surface area contributed by atoms with E-state index in [0.29, 0.717) is 6.42 Å². The maximum Gasteiger partial charge on any atom is 0.490 e. The molecule has 0 spiro atoms. The molecule has 0 aliphatic carbocycles. The molecule has 0 aromatic heterocycles. The Bertz CT molecular complexity index is 310. The zero-order valence-corrected chi connectivity index (χ0v) is 10.3. The van der Waals surface area contributed by atoms with Gasteiger partial charge in [0.05, 0.1) is 19.1 Å². The van der Waals surface area contributed by atoms with Crippen molar-refractivity contribution in [2.45, 2.75) is 38.2 Å². The summed E-state index contributed by atoms with van der Waals surface area (Å²) in [7, 11) is 0. The molecular formula is C10H16F4N2O3. The van der Waals surface area contributed by atoms with Gasteiger partial charge in [-0.15, -0.1) is 0 Å². The van der Waals surface area contributed by atoms with Gasteiger partial charge in [-0.1, -0.05) is 13.3 Å². The zero-order chi connectivity index (χ0) is 15.2. The van der Waals surface area contributed by atoms with Gasteiger partial charge in [0.25, 0.3) is 0 Å². The van der Waals surface area contributed by atoms with Crippen LogP contribution in [0.2, 0.25) is 0 Å². The molecule has 0 aromatic carbocycles. The Morgan fingerprint density at radius 3 is 2.11 bits per heavy atom. The smallest absolute Gasteiger partial charge is 0.475 e. The van der Waals surface area contributed by atoms with Gasteiger partial charge >= 0.3 is 12.1 Å². The highest BCUT2D eigenvalue weighted by Crippen LogP contribution is 2.13. The van der Waals surface area contributed by atoms with Crippen LogP contribution in [-0.2, 0) is 9.59 Å². The van der Waals surface area contributed by atoms with Crippen LogP contribution in [0.15, 0.2) is 0 Å². The first-order valence-electron chi connectivity index (χ1n) is 5.58. The molecular weight excluding hydrogens is 272 g/mol. The molecule has 3 N–H and O–H groups in total. The highest BCUT2D eigenvalue weighted by molar-refractivity contribution is 5.82. The summed E-state index contributed by atoms with van der Waals surface area (Å²) < 4.78 is 44.1. The maximum atomic E-state index is 12.3. The normalized spacial score (nSPS) is 17.1. The first-order valence-corrected chi connectivity index (χ1v) is 5.58. The van der Waals surface area contributed by atoms with Crippen molar-refractivity contribution in [2.24, 2.45) is 5.73 Å². The number of carboxylic acid groups (broad SMARTS) is 1. The molecule has 1 fully saturated rings. The van der Waals surface area contributed by atoms with E-state index in [4.69, 9.17) is 15.6 Å². The summed E-state index contributed by atoms with van der Waals surface area (Å²) >= 11 is 0. The number of halogens is 4. The molecule has 1 atom stereocenters. The van der Waals surface area contributed by atoms with E-state index in [0.717, 1.165) is 6.42 Å². The second-order valence-corrected chi connectivity index (χ2v) is 4.04. The summed E-state index contributed by atoms with van der Waals surface area (Å²) in [6, 6.07) is -0.428. The number of nitrogens with two attached hydrogens (primary N) is 1. The number of hydrogen-bond donors (Lipinski definition) is 2. The standard InChI is InChI=1S/C8H15FN2O.C2HF3O2/c1-2-3-7(10)8(12)11-4-6(9)5-11;3-2(4,5)1(6)7/h6-7H,2-5,10H2,1H3;(H,6,7)/t7-;/m1./s1. The summed E-state index contributed by atoms with van der Waals surface area (Å²) in [6.07, 6.45) is -4.34. The van der Waals surface area contributed by atoms with Crippen LogP contribution >= 0.6 is 0 Å². The number of carbonyl (C=O) groups excluding carboxylic acids is 1. The van der Waals surface area contributed by atoms with E-state index in [9.17, 15) is 22.4 Å². The van der Waals surface area contributed by atoms with Gasteiger partial charge in [0.1, 0.15) is 6.17 Å². The lowest BCUT2D eigenvalue weighted by molar-refractivity contribution is -0.192. The number of alkyl halides is 4. The van der Waals surface area contributed by atoms with Crippen LogP contribution in [0.25, 0.3) is 0 Å². The Hall–Kier alpha value is -1.38. The highest BCUT2D eigenvalue weighted by Gasteiger charge is 2.38. The third-order valence-electron chi connectivity index (χ3n) is 2.31. The molecule has 1 aliphatic rings. The molecule has 19 heavy (non-hydrogen) atoms. The van der Waals surface area contributed by atoms with Crippen LogP contribution in [0.1, 0.15) is 19.8 Å². The fourth-order valence-electron chi connectivity index (χ4n) is 1.27. The highest BCUT2D eigenvalue weighted by atomic mass is 19.4. The number of carboxylic acids is 1. The van der Waals surface area contributed by atoms with Gasteiger partial charge in [0.2, 0.25) is 5.91 Å². The van der Waals surface area contributed by atoms with Crippen molar-refractivity contribution in [3.63, 3.8) is 0 Å². The Labute approximate surface area is 107 Å². The number of aliphatic carboxylic acids is 1. The summed E-state index contributed by atoms with van der Waals surface area (Å²) in [5.74, 6) is -2.86. The average molecular weight is 288 g/mol. The molecule has 1 saturated heterocycles. The zero-order valence-electron chi connectivity index (χ0n) is 10.3. The molecule has 9 heteroatoms. The lowest BCUT2D eigenvalue weighted by atomic mass is 10.1. The van der Waals surface area contributed by atoms with Crippen molar-refractivity contribution < 1.29 is 32.3 Å². The third kappa shape index (κ3) is 6.37. The number of amides is 1. The Balaban J connectivity index is 0.000000399. The Morgan fingerprint density at radius 2 is 1.84 bits per heavy atom. The van der Waals surface area contributed by atoms with Gasteiger partial charge in [-0.05, 0) is 6.42 Å². The van der Waals surface area contributed by atoms with Crippen molar-refractivity contribution in [3.8, 4) is 0 Å². The van der Waals surface area contributed by atoms with Gasteiger partial charge in [-0.2, -0.15) is 13.2 Å². The fraction of sp³-hybridized carbons (Fsp3) is 0.800. The topological polar surface area (TPSA) is 83.6 Å². The van der Waals surface area contributed by atoms with Gasteiger partial charge in [-0.3, -0.25) is 4.79 Å². The van der Waals surface area contributed by atoms with Crippen LogP contribution in [0.3, 0.4) is 0 Å². The van der Waals surface area contributed by atoms with Gasteiger partial charge in [-0.25, -0.2) is 9.18 Å². The lowest BCUT2D eigenvalue weighted by Crippen LogP contribution is -2.56. The van der Waals surface area contributed by atoms with Crippen molar-refractivity contribution in [2.75, 3.05) is 13.1 Å². The summed E-state index contributed by atoms with van der Waals surface area (Å²) in [5, 5.41) is 7.12. The monoisotopic (exact) mass is 288 g/mol. The molecule has 0 saturated carbocycles. The van der Waals surface area contributed by atoms with Crippen molar-refractivity contribution in [3.05, 3.63) is 0 Å². The maximum absolute atomic E-state index is 12.3. The fourth-order valence-corrected chi connectivity index (χ4v) is 1.27. The third-order valence-corrected chi connectivity index (χ3v) is 2.31. The van der Waals surface area contributed by atoms with Crippen LogP contribution in [0.5, 0.6) is 0 Å². The molecule has 0 bridgehead atoms.